The molecule has 5 nitrogen and oxygen atoms in total. The zero-order valence-electron chi connectivity index (χ0n) is 16.5. The smallest absolute Gasteiger partial charge is 0.250 e. The first-order valence-electron chi connectivity index (χ1n) is 9.08. The van der Waals surface area contributed by atoms with E-state index in [1.165, 1.54) is 48.7 Å². The van der Waals surface area contributed by atoms with E-state index in [9.17, 15) is 21.8 Å². The lowest BCUT2D eigenvalue weighted by Crippen LogP contribution is -2.04. The Bertz CT molecular complexity index is 1210. The van der Waals surface area contributed by atoms with Gasteiger partial charge in [-0.1, -0.05) is 0 Å². The Morgan fingerprint density at radius 3 is 1.73 bits per heavy atom. The Labute approximate surface area is 220 Å². The van der Waals surface area contributed by atoms with Crippen LogP contribution in [0.2, 0.25) is 0 Å². The number of benzene rings is 2. The van der Waals surface area contributed by atoms with Crippen LogP contribution in [0.1, 0.15) is 0 Å². The molecule has 0 aliphatic carbocycles. The van der Waals surface area contributed by atoms with E-state index in [2.05, 4.69) is 32.6 Å². The van der Waals surface area contributed by atoms with Crippen molar-refractivity contribution in [2.75, 3.05) is 0 Å². The molecule has 33 heavy (non-hydrogen) atoms. The van der Waals surface area contributed by atoms with Crippen LogP contribution < -0.4 is 0 Å². The minimum atomic E-state index is -3.65. The SMILES string of the molecule is O=S(=O)(c1ccc(F)cc1)c1ccc(I)cn1.[O-][S+](c1ccc(F)cc1)c1ccc(I)cn1. The summed E-state index contributed by atoms with van der Waals surface area (Å²) >= 11 is 2.82. The molecular formula is C22H14F2I2N2O3S2. The molecule has 0 N–H and O–H groups in total. The van der Waals surface area contributed by atoms with Crippen LogP contribution in [0.3, 0.4) is 0 Å². The fraction of sp³-hybridized carbons (Fsp3) is 0. The van der Waals surface area contributed by atoms with Gasteiger partial charge in [0.2, 0.25) is 14.9 Å². The fourth-order valence-corrected chi connectivity index (χ4v) is 5.18. The Hall–Kier alpha value is -1.68. The van der Waals surface area contributed by atoms with Gasteiger partial charge in [-0.3, -0.25) is 0 Å². The third kappa shape index (κ3) is 7.15. The first kappa shape index (κ1) is 25.9. The van der Waals surface area contributed by atoms with Crippen LogP contribution >= 0.6 is 45.2 Å². The van der Waals surface area contributed by atoms with Crippen LogP contribution in [0.5, 0.6) is 0 Å². The van der Waals surface area contributed by atoms with Crippen LogP contribution in [0, 0.1) is 18.8 Å². The van der Waals surface area contributed by atoms with E-state index in [0.29, 0.717) is 9.92 Å². The van der Waals surface area contributed by atoms with Crippen molar-refractivity contribution in [3.05, 3.63) is 104 Å². The summed E-state index contributed by atoms with van der Waals surface area (Å²) in [7, 11) is -3.65. The summed E-state index contributed by atoms with van der Waals surface area (Å²) in [5.41, 5.74) is 0. The first-order chi connectivity index (χ1) is 15.7. The number of sulfone groups is 1. The van der Waals surface area contributed by atoms with Crippen molar-refractivity contribution in [1.29, 1.82) is 0 Å². The molecule has 0 spiro atoms. The summed E-state index contributed by atoms with van der Waals surface area (Å²) in [6.45, 7) is 0. The van der Waals surface area contributed by atoms with Gasteiger partial charge in [0.1, 0.15) is 11.6 Å². The van der Waals surface area contributed by atoms with E-state index in [4.69, 9.17) is 0 Å². The second-order valence-corrected chi connectivity index (χ2v) is 12.1. The summed E-state index contributed by atoms with van der Waals surface area (Å²) in [6, 6.07) is 16.9. The molecule has 0 amide bonds. The predicted molar refractivity (Wildman–Crippen MR) is 137 cm³/mol. The Morgan fingerprint density at radius 1 is 0.727 bits per heavy atom. The Morgan fingerprint density at radius 2 is 1.24 bits per heavy atom. The Balaban J connectivity index is 0.000000186. The van der Waals surface area contributed by atoms with Crippen molar-refractivity contribution >= 4 is 66.2 Å². The topological polar surface area (TPSA) is 83.0 Å². The van der Waals surface area contributed by atoms with Gasteiger partial charge in [0.25, 0.3) is 0 Å². The summed E-state index contributed by atoms with van der Waals surface area (Å²) in [5.74, 6) is -0.809. The molecule has 170 valence electrons. The maximum Gasteiger partial charge on any atom is 0.250 e. The molecule has 0 aliphatic rings. The summed E-state index contributed by atoms with van der Waals surface area (Å²) < 4.78 is 63.4. The highest BCUT2D eigenvalue weighted by Crippen LogP contribution is 2.20. The molecule has 0 fully saturated rings. The molecule has 4 rings (SSSR count). The van der Waals surface area contributed by atoms with Gasteiger partial charge in [-0.05, 0) is 112 Å². The van der Waals surface area contributed by atoms with Gasteiger partial charge in [0.15, 0.2) is 9.92 Å². The second kappa shape index (κ2) is 11.6. The summed E-state index contributed by atoms with van der Waals surface area (Å²) in [6.07, 6.45) is 3.12. The van der Waals surface area contributed by atoms with Crippen molar-refractivity contribution in [1.82, 2.24) is 9.97 Å². The molecule has 0 saturated heterocycles. The molecule has 2 aromatic carbocycles. The quantitative estimate of drug-likeness (QED) is 0.156. The standard InChI is InChI=1S/C11H7FINO2S.C11H7FINOS/c12-8-1-4-10(5-2-8)17(15,16)11-6-3-9(13)7-14-11;12-8-1-4-10(5-2-8)16(15)11-6-3-9(13)7-14-11/h1-7H;1-7H. The zero-order chi connectivity index (χ0) is 24.0. The molecule has 0 bridgehead atoms. The average molecular weight is 710 g/mol. The lowest BCUT2D eigenvalue weighted by Gasteiger charge is -2.08. The predicted octanol–water partition coefficient (Wildman–Crippen LogP) is 5.65. The van der Waals surface area contributed by atoms with Gasteiger partial charge in [-0.25, -0.2) is 27.2 Å². The van der Waals surface area contributed by atoms with Gasteiger partial charge in [-0.2, -0.15) is 0 Å². The molecule has 0 saturated carbocycles. The van der Waals surface area contributed by atoms with Gasteiger partial charge in [0.05, 0.1) is 4.90 Å². The second-order valence-electron chi connectivity index (χ2n) is 6.31. The molecule has 11 heteroatoms. The third-order valence-electron chi connectivity index (χ3n) is 4.02. The molecule has 0 radical (unpaired) electrons. The number of rotatable bonds is 4. The molecular weight excluding hydrogens is 696 g/mol. The molecule has 4 aromatic rings. The molecule has 2 heterocycles. The van der Waals surface area contributed by atoms with E-state index in [1.807, 2.05) is 28.7 Å². The van der Waals surface area contributed by atoms with Gasteiger partial charge < -0.3 is 4.55 Å². The average Bonchev–Trinajstić information content (AvgIpc) is 2.81. The lowest BCUT2D eigenvalue weighted by molar-refractivity contribution is 0.589. The van der Waals surface area contributed by atoms with Crippen LogP contribution in [0.25, 0.3) is 0 Å². The van der Waals surface area contributed by atoms with Gasteiger partial charge in [-0.15, -0.1) is 0 Å². The first-order valence-corrected chi connectivity index (χ1v) is 13.9. The monoisotopic (exact) mass is 710 g/mol. The number of nitrogens with zero attached hydrogens (tertiary/aromatic N) is 2. The number of hydrogen-bond donors (Lipinski definition) is 0. The van der Waals surface area contributed by atoms with Crippen molar-refractivity contribution in [2.45, 2.75) is 19.8 Å². The van der Waals surface area contributed by atoms with Crippen LogP contribution in [0.4, 0.5) is 8.78 Å². The molecule has 0 aliphatic heterocycles. The van der Waals surface area contributed by atoms with E-state index in [0.717, 1.165) is 19.3 Å². The number of aromatic nitrogens is 2. The van der Waals surface area contributed by atoms with Crippen LogP contribution in [0.15, 0.2) is 105 Å². The number of halogens is 4. The van der Waals surface area contributed by atoms with E-state index in [1.54, 1.807) is 18.3 Å². The molecule has 2 aromatic heterocycles. The summed E-state index contributed by atoms with van der Waals surface area (Å²) in [5, 5.41) is 0.441. The maximum atomic E-state index is 12.7. The third-order valence-corrected chi connectivity index (χ3v) is 8.30. The van der Waals surface area contributed by atoms with Gasteiger partial charge >= 0.3 is 0 Å². The van der Waals surface area contributed by atoms with Crippen molar-refractivity contribution in [3.63, 3.8) is 0 Å². The zero-order valence-corrected chi connectivity index (χ0v) is 22.5. The maximum absolute atomic E-state index is 12.7. The van der Waals surface area contributed by atoms with Crippen molar-refractivity contribution in [2.24, 2.45) is 0 Å². The molecule has 1 unspecified atom stereocenters. The highest BCUT2D eigenvalue weighted by molar-refractivity contribution is 14.1. The van der Waals surface area contributed by atoms with Crippen LogP contribution in [-0.2, 0) is 21.0 Å². The van der Waals surface area contributed by atoms with Crippen LogP contribution in [-0.4, -0.2) is 22.9 Å². The van der Waals surface area contributed by atoms with Crippen molar-refractivity contribution in [3.8, 4) is 0 Å². The minimum Gasteiger partial charge on any atom is -0.605 e. The highest BCUT2D eigenvalue weighted by Gasteiger charge is 2.19. The van der Waals surface area contributed by atoms with E-state index in [-0.39, 0.29) is 15.7 Å². The lowest BCUT2D eigenvalue weighted by atomic mass is 10.4. The molecule has 1 atom stereocenters. The van der Waals surface area contributed by atoms with Crippen molar-refractivity contribution < 1.29 is 21.8 Å². The van der Waals surface area contributed by atoms with E-state index < -0.39 is 26.8 Å². The number of pyridine rings is 2. The van der Waals surface area contributed by atoms with Gasteiger partial charge in [0, 0.05) is 36.8 Å². The fourth-order valence-electron chi connectivity index (χ4n) is 2.41. The summed E-state index contributed by atoms with van der Waals surface area (Å²) in [4.78, 5) is 8.52. The largest absolute Gasteiger partial charge is 0.605 e. The highest BCUT2D eigenvalue weighted by atomic mass is 127. The number of hydrogen-bond acceptors (Lipinski definition) is 5. The normalized spacial score (nSPS) is 11.9. The Kier molecular flexibility index (Phi) is 9.15. The van der Waals surface area contributed by atoms with E-state index >= 15 is 0 Å². The minimum absolute atomic E-state index is 0.0348.